The average molecular weight is 285 g/mol. The van der Waals surface area contributed by atoms with E-state index in [1.807, 2.05) is 13.0 Å². The molecule has 1 atom stereocenters. The molecule has 2 aromatic heterocycles. The summed E-state index contributed by atoms with van der Waals surface area (Å²) in [4.78, 5) is 30.6. The first-order chi connectivity index (χ1) is 10.2. The highest BCUT2D eigenvalue weighted by Gasteiger charge is 2.28. The Labute approximate surface area is 122 Å². The van der Waals surface area contributed by atoms with E-state index in [9.17, 15) is 4.79 Å². The summed E-state index contributed by atoms with van der Waals surface area (Å²) < 4.78 is 5.68. The summed E-state index contributed by atoms with van der Waals surface area (Å²) in [6.45, 7) is 3.26. The number of aromatic nitrogens is 4. The molecular weight excluding hydrogens is 270 g/mol. The van der Waals surface area contributed by atoms with Crippen LogP contribution < -0.4 is 0 Å². The van der Waals surface area contributed by atoms with Crippen molar-refractivity contribution in [1.29, 1.82) is 0 Å². The molecule has 0 aliphatic carbocycles. The van der Waals surface area contributed by atoms with E-state index in [1.165, 1.54) is 0 Å². The Hall–Kier alpha value is -2.41. The zero-order valence-electron chi connectivity index (χ0n) is 11.6. The number of rotatable bonds is 2. The van der Waals surface area contributed by atoms with Crippen LogP contribution in [0.1, 0.15) is 28.2 Å². The van der Waals surface area contributed by atoms with Gasteiger partial charge in [0.1, 0.15) is 6.10 Å². The second-order valence-corrected chi connectivity index (χ2v) is 4.74. The van der Waals surface area contributed by atoms with E-state index in [0.717, 1.165) is 5.69 Å². The van der Waals surface area contributed by atoms with Crippen LogP contribution in [0.15, 0.2) is 30.7 Å². The van der Waals surface area contributed by atoms with E-state index in [0.29, 0.717) is 25.5 Å². The molecule has 21 heavy (non-hydrogen) atoms. The monoisotopic (exact) mass is 285 g/mol. The van der Waals surface area contributed by atoms with Gasteiger partial charge in [0.15, 0.2) is 5.82 Å². The summed E-state index contributed by atoms with van der Waals surface area (Å²) in [7, 11) is 0. The fourth-order valence-electron chi connectivity index (χ4n) is 2.16. The Morgan fingerprint density at radius 2 is 2.10 bits per heavy atom. The summed E-state index contributed by atoms with van der Waals surface area (Å²) in [6, 6.07) is 3.51. The van der Waals surface area contributed by atoms with Gasteiger partial charge in [-0.05, 0) is 19.1 Å². The molecule has 1 fully saturated rings. The molecule has 0 bridgehead atoms. The molecule has 1 aliphatic rings. The zero-order valence-corrected chi connectivity index (χ0v) is 11.6. The van der Waals surface area contributed by atoms with Crippen LogP contribution in [-0.2, 0) is 4.74 Å². The number of ether oxygens (including phenoxy) is 1. The predicted octanol–water partition coefficient (Wildman–Crippen LogP) is 0.789. The molecule has 0 radical (unpaired) electrons. The molecule has 3 rings (SSSR count). The number of carbonyl (C=O) groups excluding carboxylic acids is 1. The lowest BCUT2D eigenvalue weighted by atomic mass is 10.2. The standard InChI is InChI=1S/C14H15N5O2/c1-10-3-6-17-12(18-10)11-9-19(7-8-21-11)14(20)13-15-4-2-5-16-13/h2-6,11H,7-9H2,1H3/t11-/m1/s1. The molecule has 7 heteroatoms. The van der Waals surface area contributed by atoms with Crippen LogP contribution in [-0.4, -0.2) is 50.4 Å². The first kappa shape index (κ1) is 13.6. The van der Waals surface area contributed by atoms with E-state index in [4.69, 9.17) is 4.74 Å². The maximum absolute atomic E-state index is 12.3. The number of aryl methyl sites for hydroxylation is 1. The first-order valence-electron chi connectivity index (χ1n) is 6.71. The van der Waals surface area contributed by atoms with Gasteiger partial charge in [-0.15, -0.1) is 0 Å². The summed E-state index contributed by atoms with van der Waals surface area (Å²) in [6.07, 6.45) is 4.50. The van der Waals surface area contributed by atoms with Gasteiger partial charge >= 0.3 is 0 Å². The number of hydrogen-bond acceptors (Lipinski definition) is 6. The van der Waals surface area contributed by atoms with Gasteiger partial charge in [0, 0.05) is 30.8 Å². The molecular formula is C14H15N5O2. The summed E-state index contributed by atoms with van der Waals surface area (Å²) in [5, 5.41) is 0. The smallest absolute Gasteiger partial charge is 0.291 e. The van der Waals surface area contributed by atoms with Gasteiger partial charge in [-0.1, -0.05) is 0 Å². The zero-order chi connectivity index (χ0) is 14.7. The highest BCUT2D eigenvalue weighted by atomic mass is 16.5. The maximum Gasteiger partial charge on any atom is 0.291 e. The third kappa shape index (κ3) is 3.03. The summed E-state index contributed by atoms with van der Waals surface area (Å²) in [5.41, 5.74) is 0.874. The third-order valence-corrected chi connectivity index (χ3v) is 3.21. The molecule has 7 nitrogen and oxygen atoms in total. The van der Waals surface area contributed by atoms with Crippen molar-refractivity contribution in [2.24, 2.45) is 0 Å². The topological polar surface area (TPSA) is 81.1 Å². The van der Waals surface area contributed by atoms with E-state index >= 15 is 0 Å². The van der Waals surface area contributed by atoms with Crippen molar-refractivity contribution >= 4 is 5.91 Å². The second-order valence-electron chi connectivity index (χ2n) is 4.74. The Balaban J connectivity index is 1.75. The van der Waals surface area contributed by atoms with Crippen molar-refractivity contribution in [3.05, 3.63) is 48.1 Å². The van der Waals surface area contributed by atoms with Gasteiger partial charge in [0.2, 0.25) is 5.82 Å². The lowest BCUT2D eigenvalue weighted by Crippen LogP contribution is -2.43. The lowest BCUT2D eigenvalue weighted by Gasteiger charge is -2.31. The number of amides is 1. The summed E-state index contributed by atoms with van der Waals surface area (Å²) >= 11 is 0. The fourth-order valence-corrected chi connectivity index (χ4v) is 2.16. The van der Waals surface area contributed by atoms with Gasteiger partial charge in [-0.2, -0.15) is 0 Å². The number of morpholine rings is 1. The Morgan fingerprint density at radius 3 is 2.86 bits per heavy atom. The normalized spacial score (nSPS) is 18.5. The molecule has 1 saturated heterocycles. The van der Waals surface area contributed by atoms with Crippen LogP contribution in [0.2, 0.25) is 0 Å². The molecule has 3 heterocycles. The molecule has 2 aromatic rings. The highest BCUT2D eigenvalue weighted by molar-refractivity contribution is 5.90. The molecule has 1 amide bonds. The van der Waals surface area contributed by atoms with Gasteiger partial charge < -0.3 is 9.64 Å². The van der Waals surface area contributed by atoms with Crippen molar-refractivity contribution in [3.8, 4) is 0 Å². The predicted molar refractivity (Wildman–Crippen MR) is 73.4 cm³/mol. The minimum absolute atomic E-state index is 0.198. The molecule has 0 N–H and O–H groups in total. The molecule has 0 saturated carbocycles. The molecule has 0 aromatic carbocycles. The van der Waals surface area contributed by atoms with Gasteiger partial charge in [0.25, 0.3) is 5.91 Å². The van der Waals surface area contributed by atoms with Crippen molar-refractivity contribution in [2.75, 3.05) is 19.7 Å². The van der Waals surface area contributed by atoms with Crippen molar-refractivity contribution < 1.29 is 9.53 Å². The number of hydrogen-bond donors (Lipinski definition) is 0. The Bertz CT molecular complexity index is 634. The quantitative estimate of drug-likeness (QED) is 0.811. The highest BCUT2D eigenvalue weighted by Crippen LogP contribution is 2.19. The van der Waals surface area contributed by atoms with Crippen LogP contribution in [0.5, 0.6) is 0 Å². The summed E-state index contributed by atoms with van der Waals surface area (Å²) in [5.74, 6) is 0.598. The number of nitrogens with zero attached hydrogens (tertiary/aromatic N) is 5. The van der Waals surface area contributed by atoms with E-state index in [2.05, 4.69) is 19.9 Å². The van der Waals surface area contributed by atoms with Crippen LogP contribution in [0.3, 0.4) is 0 Å². The van der Waals surface area contributed by atoms with Crippen molar-refractivity contribution in [2.45, 2.75) is 13.0 Å². The molecule has 1 aliphatic heterocycles. The maximum atomic E-state index is 12.3. The largest absolute Gasteiger partial charge is 0.367 e. The van der Waals surface area contributed by atoms with Crippen molar-refractivity contribution in [1.82, 2.24) is 24.8 Å². The second kappa shape index (κ2) is 5.92. The van der Waals surface area contributed by atoms with Gasteiger partial charge in [0.05, 0.1) is 13.2 Å². The van der Waals surface area contributed by atoms with Crippen LogP contribution in [0.4, 0.5) is 0 Å². The Morgan fingerprint density at radius 1 is 1.29 bits per heavy atom. The van der Waals surface area contributed by atoms with E-state index in [1.54, 1.807) is 29.6 Å². The van der Waals surface area contributed by atoms with E-state index < -0.39 is 0 Å². The van der Waals surface area contributed by atoms with Crippen LogP contribution in [0, 0.1) is 6.92 Å². The van der Waals surface area contributed by atoms with Gasteiger partial charge in [-0.25, -0.2) is 19.9 Å². The SMILES string of the molecule is Cc1ccnc([C@H]2CN(C(=O)c3ncccn3)CCO2)n1. The lowest BCUT2D eigenvalue weighted by molar-refractivity contribution is -0.0272. The van der Waals surface area contributed by atoms with Gasteiger partial charge in [-0.3, -0.25) is 4.79 Å². The minimum Gasteiger partial charge on any atom is -0.367 e. The number of carbonyl (C=O) groups is 1. The van der Waals surface area contributed by atoms with Crippen LogP contribution in [0.25, 0.3) is 0 Å². The molecule has 0 unspecified atom stereocenters. The fraction of sp³-hybridized carbons (Fsp3) is 0.357. The third-order valence-electron chi connectivity index (χ3n) is 3.21. The first-order valence-corrected chi connectivity index (χ1v) is 6.71. The molecule has 108 valence electrons. The van der Waals surface area contributed by atoms with Crippen LogP contribution >= 0.6 is 0 Å². The van der Waals surface area contributed by atoms with Crippen molar-refractivity contribution in [3.63, 3.8) is 0 Å². The van der Waals surface area contributed by atoms with E-state index in [-0.39, 0.29) is 17.8 Å². The minimum atomic E-state index is -0.314. The average Bonchev–Trinajstić information content (AvgIpc) is 2.55. The Kier molecular flexibility index (Phi) is 3.83. The molecule has 0 spiro atoms.